The summed E-state index contributed by atoms with van der Waals surface area (Å²) in [5, 5.41) is 8.97. The summed E-state index contributed by atoms with van der Waals surface area (Å²) in [7, 11) is 0. The maximum Gasteiger partial charge on any atom is 0.340 e. The number of nitrogens with zero attached hydrogens (tertiary/aromatic N) is 3. The Bertz CT molecular complexity index is 1170. The number of ether oxygens (including phenoxy) is 1. The van der Waals surface area contributed by atoms with Crippen molar-refractivity contribution in [3.8, 4) is 11.8 Å². The first kappa shape index (κ1) is 19.5. The number of carbonyl (C=O) groups excluding carboxylic acids is 2. The lowest BCUT2D eigenvalue weighted by atomic mass is 10.2. The number of benzene rings is 2. The molecule has 0 radical (unpaired) electrons. The second-order valence-corrected chi connectivity index (χ2v) is 7.28. The van der Waals surface area contributed by atoms with E-state index in [-0.39, 0.29) is 12.5 Å². The Labute approximate surface area is 174 Å². The fraction of sp³-hybridized carbons (Fsp3) is 0.208. The second-order valence-electron chi connectivity index (χ2n) is 7.28. The van der Waals surface area contributed by atoms with Crippen molar-refractivity contribution in [2.24, 2.45) is 0 Å². The molecule has 0 atom stereocenters. The van der Waals surface area contributed by atoms with Gasteiger partial charge < -0.3 is 14.2 Å². The molecule has 0 N–H and O–H groups in total. The molecule has 1 amide bonds. The van der Waals surface area contributed by atoms with Gasteiger partial charge in [0.2, 0.25) is 0 Å². The van der Waals surface area contributed by atoms with Crippen molar-refractivity contribution in [2.75, 3.05) is 18.1 Å². The molecule has 0 aliphatic carbocycles. The highest BCUT2D eigenvalue weighted by atomic mass is 16.5. The highest BCUT2D eigenvalue weighted by molar-refractivity contribution is 5.99. The molecule has 6 nitrogen and oxygen atoms in total. The van der Waals surface area contributed by atoms with E-state index in [1.165, 1.54) is 0 Å². The van der Waals surface area contributed by atoms with Gasteiger partial charge in [-0.25, -0.2) is 4.79 Å². The third kappa shape index (κ3) is 3.46. The molecule has 0 fully saturated rings. The van der Waals surface area contributed by atoms with Crippen molar-refractivity contribution < 1.29 is 14.3 Å². The predicted octanol–water partition coefficient (Wildman–Crippen LogP) is 3.71. The number of fused-ring (bicyclic) bond motifs is 1. The van der Waals surface area contributed by atoms with Crippen LogP contribution in [0.3, 0.4) is 0 Å². The topological polar surface area (TPSA) is 75.3 Å². The van der Waals surface area contributed by atoms with E-state index in [1.54, 1.807) is 23.1 Å². The first-order valence-electron chi connectivity index (χ1n) is 9.74. The van der Waals surface area contributed by atoms with E-state index in [0.29, 0.717) is 17.7 Å². The smallest absolute Gasteiger partial charge is 0.340 e. The van der Waals surface area contributed by atoms with Gasteiger partial charge in [-0.2, -0.15) is 5.26 Å². The van der Waals surface area contributed by atoms with Crippen LogP contribution < -0.4 is 4.90 Å². The van der Waals surface area contributed by atoms with Crippen LogP contribution in [0.2, 0.25) is 0 Å². The van der Waals surface area contributed by atoms with Crippen LogP contribution in [0.5, 0.6) is 0 Å². The molecule has 0 spiro atoms. The summed E-state index contributed by atoms with van der Waals surface area (Å²) in [5.41, 5.74) is 5.45. The molecule has 0 saturated carbocycles. The summed E-state index contributed by atoms with van der Waals surface area (Å²) in [6, 6.07) is 18.8. The van der Waals surface area contributed by atoms with E-state index in [2.05, 4.69) is 6.07 Å². The average molecular weight is 399 g/mol. The third-order valence-corrected chi connectivity index (χ3v) is 5.42. The summed E-state index contributed by atoms with van der Waals surface area (Å²) in [4.78, 5) is 26.9. The first-order valence-corrected chi connectivity index (χ1v) is 9.74. The molecule has 2 aromatic carbocycles. The summed E-state index contributed by atoms with van der Waals surface area (Å²) >= 11 is 0. The minimum absolute atomic E-state index is 0.228. The van der Waals surface area contributed by atoms with Crippen LogP contribution in [0.1, 0.15) is 32.9 Å². The highest BCUT2D eigenvalue weighted by Gasteiger charge is 2.26. The van der Waals surface area contributed by atoms with Crippen LogP contribution in [0.4, 0.5) is 5.69 Å². The number of nitriles is 1. The fourth-order valence-electron chi connectivity index (χ4n) is 3.93. The highest BCUT2D eigenvalue weighted by Crippen LogP contribution is 2.27. The van der Waals surface area contributed by atoms with Crippen LogP contribution in [-0.4, -0.2) is 29.6 Å². The number of hydrogen-bond donors (Lipinski definition) is 0. The number of aryl methyl sites for hydroxylation is 1. The van der Waals surface area contributed by atoms with E-state index in [0.717, 1.165) is 34.7 Å². The van der Waals surface area contributed by atoms with Gasteiger partial charge in [-0.1, -0.05) is 18.2 Å². The van der Waals surface area contributed by atoms with E-state index in [9.17, 15) is 9.59 Å². The number of amides is 1. The summed E-state index contributed by atoms with van der Waals surface area (Å²) in [6.07, 6.45) is 0.807. The number of carbonyl (C=O) groups is 2. The molecule has 0 bridgehead atoms. The molecule has 1 aliphatic heterocycles. The van der Waals surface area contributed by atoms with E-state index in [4.69, 9.17) is 10.00 Å². The van der Waals surface area contributed by atoms with E-state index in [1.807, 2.05) is 54.8 Å². The molecule has 1 aromatic heterocycles. The van der Waals surface area contributed by atoms with Gasteiger partial charge in [0.05, 0.1) is 17.2 Å². The van der Waals surface area contributed by atoms with Gasteiger partial charge >= 0.3 is 5.97 Å². The van der Waals surface area contributed by atoms with Crippen LogP contribution >= 0.6 is 0 Å². The molecular formula is C24H21N3O3. The lowest BCUT2D eigenvalue weighted by Crippen LogP contribution is -2.33. The molecule has 6 heteroatoms. The van der Waals surface area contributed by atoms with Crippen LogP contribution in [0, 0.1) is 25.2 Å². The average Bonchev–Trinajstić information content (AvgIpc) is 3.32. The Morgan fingerprint density at radius 3 is 2.57 bits per heavy atom. The van der Waals surface area contributed by atoms with Gasteiger partial charge in [-0.15, -0.1) is 0 Å². The number of para-hydroxylation sites is 1. The van der Waals surface area contributed by atoms with E-state index < -0.39 is 5.97 Å². The molecule has 4 rings (SSSR count). The minimum atomic E-state index is -0.524. The van der Waals surface area contributed by atoms with E-state index >= 15 is 0 Å². The maximum atomic E-state index is 12.7. The Hall–Kier alpha value is -3.85. The van der Waals surface area contributed by atoms with Crippen molar-refractivity contribution in [1.82, 2.24) is 4.57 Å². The largest absolute Gasteiger partial charge is 0.452 e. The summed E-state index contributed by atoms with van der Waals surface area (Å²) < 4.78 is 7.28. The zero-order chi connectivity index (χ0) is 21.3. The third-order valence-electron chi connectivity index (χ3n) is 5.42. The monoisotopic (exact) mass is 399 g/mol. The standard InChI is InChI=1S/C24H21N3O3/c1-16-13-21(17(2)27(16)20-9-7-18(14-25)8-10-20)24(29)30-15-23(28)26-12-11-19-5-3-4-6-22(19)26/h3-10,13H,11-12,15H2,1-2H3. The van der Waals surface area contributed by atoms with Crippen molar-refractivity contribution >= 4 is 17.6 Å². The molecular weight excluding hydrogens is 378 g/mol. The lowest BCUT2D eigenvalue weighted by molar-refractivity contribution is -0.121. The van der Waals surface area contributed by atoms with Gasteiger partial charge in [-0.3, -0.25) is 4.79 Å². The van der Waals surface area contributed by atoms with Crippen LogP contribution in [-0.2, 0) is 16.0 Å². The van der Waals surface area contributed by atoms with Gasteiger partial charge in [0.25, 0.3) is 5.91 Å². The Morgan fingerprint density at radius 1 is 1.10 bits per heavy atom. The second kappa shape index (κ2) is 7.88. The van der Waals surface area contributed by atoms with Crippen LogP contribution in [0.15, 0.2) is 54.6 Å². The number of hydrogen-bond acceptors (Lipinski definition) is 4. The zero-order valence-corrected chi connectivity index (χ0v) is 16.9. The SMILES string of the molecule is Cc1cc(C(=O)OCC(=O)N2CCc3ccccc32)c(C)n1-c1ccc(C#N)cc1. The lowest BCUT2D eigenvalue weighted by Gasteiger charge is -2.17. The van der Waals surface area contributed by atoms with Gasteiger partial charge in [0, 0.05) is 29.3 Å². The van der Waals surface area contributed by atoms with Crippen LogP contribution in [0.25, 0.3) is 5.69 Å². The van der Waals surface area contributed by atoms with Crippen molar-refractivity contribution in [3.05, 3.63) is 82.7 Å². The molecule has 0 unspecified atom stereocenters. The van der Waals surface area contributed by atoms with Gasteiger partial charge in [-0.05, 0) is 62.2 Å². The number of rotatable bonds is 4. The molecule has 30 heavy (non-hydrogen) atoms. The quantitative estimate of drug-likeness (QED) is 0.627. The van der Waals surface area contributed by atoms with Gasteiger partial charge in [0.15, 0.2) is 6.61 Å². The Balaban J connectivity index is 1.48. The number of anilines is 1. The zero-order valence-electron chi connectivity index (χ0n) is 16.9. The predicted molar refractivity (Wildman–Crippen MR) is 113 cm³/mol. The van der Waals surface area contributed by atoms with Gasteiger partial charge in [0.1, 0.15) is 0 Å². The fourth-order valence-corrected chi connectivity index (χ4v) is 3.93. The van der Waals surface area contributed by atoms with Crippen molar-refractivity contribution in [3.63, 3.8) is 0 Å². The number of aromatic nitrogens is 1. The molecule has 0 saturated heterocycles. The molecule has 2 heterocycles. The maximum absolute atomic E-state index is 12.7. The van der Waals surface area contributed by atoms with Crippen molar-refractivity contribution in [1.29, 1.82) is 5.26 Å². The molecule has 1 aliphatic rings. The molecule has 3 aromatic rings. The minimum Gasteiger partial charge on any atom is -0.452 e. The number of esters is 1. The summed E-state index contributed by atoms with van der Waals surface area (Å²) in [6.45, 7) is 4.03. The summed E-state index contributed by atoms with van der Waals surface area (Å²) in [5.74, 6) is -0.752. The van der Waals surface area contributed by atoms with Crippen molar-refractivity contribution in [2.45, 2.75) is 20.3 Å². The normalized spacial score (nSPS) is 12.4. The first-order chi connectivity index (χ1) is 14.5. The molecule has 150 valence electrons. The Morgan fingerprint density at radius 2 is 1.83 bits per heavy atom. The Kier molecular flexibility index (Phi) is 5.11.